The number of carbonyl (C=O) groups is 1. The Hall–Kier alpha value is -2.45. The zero-order valence-electron chi connectivity index (χ0n) is 14.0. The van der Waals surface area contributed by atoms with Crippen LogP contribution < -0.4 is 10.0 Å². The van der Waals surface area contributed by atoms with Crippen LogP contribution in [0, 0.1) is 5.82 Å². The molecule has 26 heavy (non-hydrogen) atoms. The Labute approximate surface area is 154 Å². The number of hydrogen-bond acceptors (Lipinski definition) is 4. The highest BCUT2D eigenvalue weighted by atomic mass is 32.2. The smallest absolute Gasteiger partial charge is 0.265 e. The fraction of sp³-hybridized carbons (Fsp3) is 0.167. The number of sulfonamides is 1. The van der Waals surface area contributed by atoms with Crippen molar-refractivity contribution in [2.75, 3.05) is 15.8 Å². The first kappa shape index (κ1) is 18.3. The first-order valence-corrected chi connectivity index (χ1v) is 10.4. The van der Waals surface area contributed by atoms with Crippen molar-refractivity contribution in [3.8, 4) is 0 Å². The molecule has 3 rings (SSSR count). The summed E-state index contributed by atoms with van der Waals surface area (Å²) >= 11 is 1.21. The van der Waals surface area contributed by atoms with Crippen molar-refractivity contribution in [1.29, 1.82) is 0 Å². The summed E-state index contributed by atoms with van der Waals surface area (Å²) in [4.78, 5) is 12.8. The largest absolute Gasteiger partial charge is 0.321 e. The van der Waals surface area contributed by atoms with Gasteiger partial charge in [0.25, 0.3) is 5.91 Å². The van der Waals surface area contributed by atoms with Gasteiger partial charge in [0.15, 0.2) is 0 Å². The van der Waals surface area contributed by atoms with E-state index in [0.717, 1.165) is 0 Å². The molecule has 0 saturated heterocycles. The third-order valence-electron chi connectivity index (χ3n) is 3.62. The molecule has 2 aromatic carbocycles. The quantitative estimate of drug-likeness (QED) is 0.651. The maximum atomic E-state index is 13.7. The summed E-state index contributed by atoms with van der Waals surface area (Å²) in [6, 6.07) is 12.6. The minimum atomic E-state index is -3.35. The molecular formula is C18H17FN2O3S2. The van der Waals surface area contributed by atoms with Crippen molar-refractivity contribution in [3.63, 3.8) is 0 Å². The van der Waals surface area contributed by atoms with Crippen LogP contribution in [-0.4, -0.2) is 20.1 Å². The molecule has 0 fully saturated rings. The summed E-state index contributed by atoms with van der Waals surface area (Å²) in [6.07, 6.45) is 0.527. The third kappa shape index (κ3) is 4.20. The molecule has 0 unspecified atom stereocenters. The number of amides is 1. The van der Waals surface area contributed by atoms with Crippen LogP contribution in [0.1, 0.15) is 23.0 Å². The van der Waals surface area contributed by atoms with E-state index >= 15 is 0 Å². The standard InChI is InChI=1S/C18H17FN2O3S2/c1-2-10-26(23,24)21-13-8-6-12(7-9-13)20-18(22)17-11-14-15(19)4-3-5-16(14)25-17/h3-9,11,21H,2,10H2,1H3,(H,20,22). The van der Waals surface area contributed by atoms with Crippen LogP contribution in [0.15, 0.2) is 48.5 Å². The molecule has 1 aromatic heterocycles. The van der Waals surface area contributed by atoms with Crippen molar-refractivity contribution in [3.05, 3.63) is 59.2 Å². The normalized spacial score (nSPS) is 11.5. The molecule has 136 valence electrons. The van der Waals surface area contributed by atoms with Crippen LogP contribution in [0.3, 0.4) is 0 Å². The Bertz CT molecular complexity index is 1040. The van der Waals surface area contributed by atoms with Crippen LogP contribution in [-0.2, 0) is 10.0 Å². The molecule has 0 saturated carbocycles. The predicted octanol–water partition coefficient (Wildman–Crippen LogP) is 4.44. The van der Waals surface area contributed by atoms with Crippen molar-refractivity contribution in [2.24, 2.45) is 0 Å². The monoisotopic (exact) mass is 392 g/mol. The van der Waals surface area contributed by atoms with E-state index in [2.05, 4.69) is 10.0 Å². The van der Waals surface area contributed by atoms with Gasteiger partial charge in [-0.05, 0) is 48.9 Å². The number of fused-ring (bicyclic) bond motifs is 1. The summed E-state index contributed by atoms with van der Waals surface area (Å²) in [6.45, 7) is 1.79. The summed E-state index contributed by atoms with van der Waals surface area (Å²) in [5.41, 5.74) is 0.951. The Morgan fingerprint density at radius 2 is 1.81 bits per heavy atom. The molecule has 2 N–H and O–H groups in total. The average molecular weight is 392 g/mol. The van der Waals surface area contributed by atoms with Crippen LogP contribution in [0.25, 0.3) is 10.1 Å². The van der Waals surface area contributed by atoms with Gasteiger partial charge in [-0.2, -0.15) is 0 Å². The predicted molar refractivity (Wildman–Crippen MR) is 104 cm³/mol. The molecule has 1 amide bonds. The van der Waals surface area contributed by atoms with E-state index < -0.39 is 10.0 Å². The van der Waals surface area contributed by atoms with E-state index in [4.69, 9.17) is 0 Å². The molecule has 0 aliphatic heterocycles. The fourth-order valence-electron chi connectivity index (χ4n) is 2.45. The van der Waals surface area contributed by atoms with E-state index in [1.165, 1.54) is 23.5 Å². The van der Waals surface area contributed by atoms with E-state index in [0.29, 0.717) is 32.8 Å². The minimum absolute atomic E-state index is 0.0496. The van der Waals surface area contributed by atoms with Crippen molar-refractivity contribution < 1.29 is 17.6 Å². The highest BCUT2D eigenvalue weighted by Crippen LogP contribution is 2.28. The van der Waals surface area contributed by atoms with Gasteiger partial charge < -0.3 is 5.32 Å². The van der Waals surface area contributed by atoms with Crippen LogP contribution in [0.4, 0.5) is 15.8 Å². The molecule has 1 heterocycles. The SMILES string of the molecule is CCCS(=O)(=O)Nc1ccc(NC(=O)c2cc3c(F)cccc3s2)cc1. The number of thiophene rings is 1. The van der Waals surface area contributed by atoms with Gasteiger partial charge in [-0.1, -0.05) is 13.0 Å². The van der Waals surface area contributed by atoms with Crippen LogP contribution >= 0.6 is 11.3 Å². The highest BCUT2D eigenvalue weighted by Gasteiger charge is 2.13. The molecule has 0 bridgehead atoms. The van der Waals surface area contributed by atoms with Gasteiger partial charge in [0.05, 0.1) is 10.6 Å². The Kier molecular flexibility index (Phi) is 5.24. The summed E-state index contributed by atoms with van der Waals surface area (Å²) in [5.74, 6) is -0.653. The Morgan fingerprint density at radius 1 is 1.12 bits per heavy atom. The minimum Gasteiger partial charge on any atom is -0.321 e. The molecule has 0 aliphatic rings. The lowest BCUT2D eigenvalue weighted by Crippen LogP contribution is -2.16. The van der Waals surface area contributed by atoms with Gasteiger partial charge in [0.1, 0.15) is 5.82 Å². The number of halogens is 1. The van der Waals surface area contributed by atoms with Crippen molar-refractivity contribution in [1.82, 2.24) is 0 Å². The second-order valence-corrected chi connectivity index (χ2v) is 8.64. The molecule has 0 spiro atoms. The van der Waals surface area contributed by atoms with Gasteiger partial charge in [-0.25, -0.2) is 12.8 Å². The van der Waals surface area contributed by atoms with Gasteiger partial charge in [0.2, 0.25) is 10.0 Å². The lowest BCUT2D eigenvalue weighted by atomic mass is 10.2. The molecule has 0 aliphatic carbocycles. The van der Waals surface area contributed by atoms with Crippen LogP contribution in [0.2, 0.25) is 0 Å². The summed E-state index contributed by atoms with van der Waals surface area (Å²) in [5, 5.41) is 3.15. The third-order valence-corrected chi connectivity index (χ3v) is 6.21. The van der Waals surface area contributed by atoms with Crippen molar-refractivity contribution in [2.45, 2.75) is 13.3 Å². The van der Waals surface area contributed by atoms with E-state index in [1.807, 2.05) is 0 Å². The van der Waals surface area contributed by atoms with Gasteiger partial charge in [0, 0.05) is 21.5 Å². The second-order valence-electron chi connectivity index (χ2n) is 5.71. The number of nitrogens with one attached hydrogen (secondary N) is 2. The average Bonchev–Trinajstić information content (AvgIpc) is 3.02. The molecule has 3 aromatic rings. The lowest BCUT2D eigenvalue weighted by molar-refractivity contribution is 0.103. The second kappa shape index (κ2) is 7.43. The number of carbonyl (C=O) groups excluding carboxylic acids is 1. The summed E-state index contributed by atoms with van der Waals surface area (Å²) in [7, 11) is -3.35. The molecule has 0 atom stereocenters. The van der Waals surface area contributed by atoms with E-state index in [-0.39, 0.29) is 17.5 Å². The number of benzene rings is 2. The maximum Gasteiger partial charge on any atom is 0.265 e. The molecule has 8 heteroatoms. The fourth-order valence-corrected chi connectivity index (χ4v) is 4.56. The number of anilines is 2. The maximum absolute atomic E-state index is 13.7. The number of hydrogen-bond donors (Lipinski definition) is 2. The van der Waals surface area contributed by atoms with Crippen molar-refractivity contribution >= 4 is 48.7 Å². The molecule has 5 nitrogen and oxygen atoms in total. The first-order chi connectivity index (χ1) is 12.4. The van der Waals surface area contributed by atoms with Gasteiger partial charge >= 0.3 is 0 Å². The van der Waals surface area contributed by atoms with Crippen LogP contribution in [0.5, 0.6) is 0 Å². The highest BCUT2D eigenvalue weighted by molar-refractivity contribution is 7.92. The lowest BCUT2D eigenvalue weighted by Gasteiger charge is -2.08. The zero-order valence-corrected chi connectivity index (χ0v) is 15.6. The topological polar surface area (TPSA) is 75.3 Å². The zero-order chi connectivity index (χ0) is 18.7. The van der Waals surface area contributed by atoms with E-state index in [9.17, 15) is 17.6 Å². The van der Waals surface area contributed by atoms with Gasteiger partial charge in [-0.15, -0.1) is 11.3 Å². The van der Waals surface area contributed by atoms with E-state index in [1.54, 1.807) is 43.3 Å². The Balaban J connectivity index is 1.72. The van der Waals surface area contributed by atoms with Gasteiger partial charge in [-0.3, -0.25) is 9.52 Å². The first-order valence-electron chi connectivity index (χ1n) is 7.98. The molecule has 0 radical (unpaired) electrons. The Morgan fingerprint density at radius 3 is 2.46 bits per heavy atom. The number of rotatable bonds is 6. The summed E-state index contributed by atoms with van der Waals surface area (Å²) < 4.78 is 40.4. The molecular weight excluding hydrogens is 375 g/mol.